The molecule has 0 N–H and O–H groups in total. The number of hydrogen-bond donors (Lipinski definition) is 0. The predicted octanol–water partition coefficient (Wildman–Crippen LogP) is 3.92. The zero-order valence-corrected chi connectivity index (χ0v) is 18.9. The van der Waals surface area contributed by atoms with Gasteiger partial charge in [-0.25, -0.2) is 8.42 Å². The van der Waals surface area contributed by atoms with Crippen LogP contribution in [0.25, 0.3) is 0 Å². The van der Waals surface area contributed by atoms with Gasteiger partial charge in [-0.3, -0.25) is 0 Å². The Morgan fingerprint density at radius 1 is 0.667 bits per heavy atom. The highest BCUT2D eigenvalue weighted by Crippen LogP contribution is 2.58. The molecule has 4 aromatic rings. The van der Waals surface area contributed by atoms with Gasteiger partial charge in [0, 0.05) is 13.3 Å². The lowest BCUT2D eigenvalue weighted by molar-refractivity contribution is 0.590. The van der Waals surface area contributed by atoms with Crippen LogP contribution in [-0.2, 0) is 23.0 Å². The lowest BCUT2D eigenvalue weighted by Crippen LogP contribution is -2.33. The Hall–Kier alpha value is -2.68. The minimum Gasteiger partial charge on any atom is -0.336 e. The molecule has 0 atom stereocenters. The molecule has 0 amide bonds. The summed E-state index contributed by atoms with van der Waals surface area (Å²) in [6.45, 7) is 0. The van der Waals surface area contributed by atoms with Crippen molar-refractivity contribution >= 4 is 33.0 Å². The van der Waals surface area contributed by atoms with Crippen LogP contribution in [0.1, 0.15) is 5.69 Å². The minimum atomic E-state index is -3.29. The molecule has 152 valence electrons. The molecule has 0 radical (unpaired) electrons. The fraction of sp³-hybridized carbons (Fsp3) is 0.120. The average molecular weight is 435 g/mol. The molecule has 30 heavy (non-hydrogen) atoms. The van der Waals surface area contributed by atoms with E-state index in [4.69, 9.17) is 0 Å². The van der Waals surface area contributed by atoms with Gasteiger partial charge in [-0.05, 0) is 48.5 Å². The van der Waals surface area contributed by atoms with Crippen LogP contribution in [0.3, 0.4) is 0 Å². The van der Waals surface area contributed by atoms with E-state index in [9.17, 15) is 8.42 Å². The van der Waals surface area contributed by atoms with Gasteiger partial charge in [-0.1, -0.05) is 54.6 Å². The normalized spacial score (nSPS) is 12.1. The van der Waals surface area contributed by atoms with E-state index in [0.717, 1.165) is 11.9 Å². The van der Waals surface area contributed by atoms with Crippen LogP contribution >= 0.6 is 7.26 Å². The molecule has 3 aromatic carbocycles. The van der Waals surface area contributed by atoms with Crippen molar-refractivity contribution in [2.45, 2.75) is 11.2 Å². The molecule has 0 saturated heterocycles. The Morgan fingerprint density at radius 3 is 1.40 bits per heavy atom. The van der Waals surface area contributed by atoms with Crippen LogP contribution in [-0.4, -0.2) is 19.2 Å². The van der Waals surface area contributed by atoms with Crippen LogP contribution in [0.4, 0.5) is 0 Å². The van der Waals surface area contributed by atoms with Crippen LogP contribution in [0.2, 0.25) is 0 Å². The molecule has 3 nitrogen and oxygen atoms in total. The van der Waals surface area contributed by atoms with Gasteiger partial charge in [-0.2, -0.15) is 0 Å². The molecule has 0 aliphatic carbocycles. The van der Waals surface area contributed by atoms with Crippen molar-refractivity contribution in [2.75, 3.05) is 6.26 Å². The lowest BCUT2D eigenvalue weighted by Gasteiger charge is -2.28. The summed E-state index contributed by atoms with van der Waals surface area (Å²) in [5, 5.41) is 4.20. The molecule has 4 rings (SSSR count). The zero-order valence-electron chi connectivity index (χ0n) is 17.1. The van der Waals surface area contributed by atoms with Crippen molar-refractivity contribution in [3.63, 3.8) is 0 Å². The number of benzene rings is 3. The minimum absolute atomic E-state index is 0.352. The molecular formula is C25H25NO2PS+. The number of rotatable bonds is 6. The summed E-state index contributed by atoms with van der Waals surface area (Å²) in [4.78, 5) is 0. The molecule has 0 aliphatic rings. The highest BCUT2D eigenvalue weighted by Gasteiger charge is 2.46. The Labute approximate surface area is 179 Å². The monoisotopic (exact) mass is 434 g/mol. The Morgan fingerprint density at radius 2 is 1.07 bits per heavy atom. The van der Waals surface area contributed by atoms with Crippen LogP contribution in [0.5, 0.6) is 0 Å². The summed E-state index contributed by atoms with van der Waals surface area (Å²) < 4.78 is 26.3. The van der Waals surface area contributed by atoms with E-state index >= 15 is 0 Å². The second-order valence-corrected chi connectivity index (χ2v) is 12.9. The van der Waals surface area contributed by atoms with E-state index in [2.05, 4.69) is 72.8 Å². The first-order valence-electron chi connectivity index (χ1n) is 9.82. The van der Waals surface area contributed by atoms with Crippen molar-refractivity contribution < 1.29 is 8.42 Å². The largest absolute Gasteiger partial charge is 0.336 e. The summed E-state index contributed by atoms with van der Waals surface area (Å²) >= 11 is 0. The molecule has 0 spiro atoms. The van der Waals surface area contributed by atoms with Crippen molar-refractivity contribution in [2.24, 2.45) is 7.05 Å². The molecule has 0 saturated carbocycles. The summed E-state index contributed by atoms with van der Waals surface area (Å²) in [6.07, 6.45) is 2.01. The average Bonchev–Trinajstić information content (AvgIpc) is 3.14. The number of aromatic nitrogens is 1. The van der Waals surface area contributed by atoms with Crippen molar-refractivity contribution in [3.8, 4) is 0 Å². The lowest BCUT2D eigenvalue weighted by atomic mass is 10.3. The van der Waals surface area contributed by atoms with Gasteiger partial charge in [0.1, 0.15) is 34.4 Å². The van der Waals surface area contributed by atoms with E-state index in [1.54, 1.807) is 6.07 Å². The Kier molecular flexibility index (Phi) is 5.64. The Balaban J connectivity index is 2.00. The molecule has 1 aromatic heterocycles. The van der Waals surface area contributed by atoms with Gasteiger partial charge in [0.25, 0.3) is 0 Å². The number of hydrogen-bond acceptors (Lipinski definition) is 2. The van der Waals surface area contributed by atoms with E-state index in [-0.39, 0.29) is 0 Å². The van der Waals surface area contributed by atoms with Gasteiger partial charge >= 0.3 is 0 Å². The van der Waals surface area contributed by atoms with Gasteiger partial charge in [0.2, 0.25) is 0 Å². The van der Waals surface area contributed by atoms with Gasteiger partial charge in [0.05, 0.1) is 5.69 Å². The van der Waals surface area contributed by atoms with E-state index in [1.807, 2.05) is 35.9 Å². The topological polar surface area (TPSA) is 39.1 Å². The third-order valence-corrected chi connectivity index (χ3v) is 11.1. The zero-order chi connectivity index (χ0) is 21.2. The smallest absolute Gasteiger partial charge is 0.190 e. The summed E-state index contributed by atoms with van der Waals surface area (Å²) in [6, 6.07) is 35.5. The fourth-order valence-corrected chi connectivity index (χ4v) is 9.29. The first-order valence-corrected chi connectivity index (χ1v) is 13.7. The second-order valence-electron chi connectivity index (χ2n) is 7.47. The molecule has 0 bridgehead atoms. The first-order chi connectivity index (χ1) is 14.4. The first kappa shape index (κ1) is 20.6. The van der Waals surface area contributed by atoms with Crippen LogP contribution in [0.15, 0.2) is 108 Å². The number of sulfone groups is 1. The van der Waals surface area contributed by atoms with E-state index in [0.29, 0.717) is 5.03 Å². The van der Waals surface area contributed by atoms with Gasteiger partial charge < -0.3 is 4.57 Å². The van der Waals surface area contributed by atoms with Crippen molar-refractivity contribution in [3.05, 3.63) is 109 Å². The Bertz CT molecular complexity index is 1140. The molecule has 0 unspecified atom stereocenters. The molecule has 1 heterocycles. The van der Waals surface area contributed by atoms with Crippen LogP contribution in [0, 0.1) is 0 Å². The van der Waals surface area contributed by atoms with Crippen LogP contribution < -0.4 is 15.9 Å². The SMILES string of the molecule is Cn1c(C[P+](c2ccccc2)(c2ccccc2)c2ccccc2)ccc1S(C)(=O)=O. The molecular weight excluding hydrogens is 409 g/mol. The summed E-state index contributed by atoms with van der Waals surface area (Å²) in [5.74, 6) is 0. The highest BCUT2D eigenvalue weighted by atomic mass is 32.2. The number of nitrogens with zero attached hydrogens (tertiary/aromatic N) is 1. The van der Waals surface area contributed by atoms with Crippen molar-refractivity contribution in [1.82, 2.24) is 4.57 Å². The van der Waals surface area contributed by atoms with E-state index in [1.165, 1.54) is 22.2 Å². The predicted molar refractivity (Wildman–Crippen MR) is 127 cm³/mol. The quantitative estimate of drug-likeness (QED) is 0.432. The fourth-order valence-electron chi connectivity index (χ4n) is 4.08. The van der Waals surface area contributed by atoms with Crippen molar-refractivity contribution in [1.29, 1.82) is 0 Å². The summed E-state index contributed by atoms with van der Waals surface area (Å²) in [5.41, 5.74) is 1.01. The molecule has 0 aliphatic heterocycles. The third-order valence-electron chi connectivity index (χ3n) is 5.55. The molecule has 0 fully saturated rings. The maximum atomic E-state index is 12.2. The second kappa shape index (κ2) is 8.22. The maximum Gasteiger partial charge on any atom is 0.190 e. The van der Waals surface area contributed by atoms with Gasteiger partial charge in [0.15, 0.2) is 9.84 Å². The standard InChI is InChI=1S/C25H25NO2PS/c1-26-21(18-19-25(26)30(2,27)28)20-29(22-12-6-3-7-13-22,23-14-8-4-9-15-23)24-16-10-5-11-17-24/h3-19H,20H2,1-2H3/q+1. The summed E-state index contributed by atoms with van der Waals surface area (Å²) in [7, 11) is -3.49. The van der Waals surface area contributed by atoms with Gasteiger partial charge in [-0.15, -0.1) is 0 Å². The van der Waals surface area contributed by atoms with E-state index < -0.39 is 17.1 Å². The molecule has 5 heteroatoms. The third kappa shape index (κ3) is 3.74. The maximum absolute atomic E-state index is 12.2. The highest BCUT2D eigenvalue weighted by molar-refractivity contribution is 7.95.